The third kappa shape index (κ3) is 4.45. The molecule has 0 saturated carbocycles. The van der Waals surface area contributed by atoms with Gasteiger partial charge in [0.1, 0.15) is 0 Å². The van der Waals surface area contributed by atoms with Crippen molar-refractivity contribution in [1.29, 1.82) is 0 Å². The molecule has 0 bridgehead atoms. The zero-order valence-electron chi connectivity index (χ0n) is 11.6. The van der Waals surface area contributed by atoms with Gasteiger partial charge in [0.05, 0.1) is 17.7 Å². The molecule has 6 nitrogen and oxygen atoms in total. The summed E-state index contributed by atoms with van der Waals surface area (Å²) in [5, 5.41) is 18.2. The highest BCUT2D eigenvalue weighted by Crippen LogP contribution is 2.17. The van der Waals surface area contributed by atoms with Crippen LogP contribution in [0.25, 0.3) is 0 Å². The number of carboxylic acid groups (broad SMARTS) is 2. The quantitative estimate of drug-likeness (QED) is 0.453. The van der Waals surface area contributed by atoms with Crippen molar-refractivity contribution in [2.45, 2.75) is 19.8 Å². The van der Waals surface area contributed by atoms with E-state index in [0.29, 0.717) is 6.42 Å². The molecule has 0 heterocycles. The number of rotatable bonds is 7. The van der Waals surface area contributed by atoms with Crippen molar-refractivity contribution < 1.29 is 29.3 Å². The van der Waals surface area contributed by atoms with E-state index in [4.69, 9.17) is 14.9 Å². The van der Waals surface area contributed by atoms with Gasteiger partial charge in [0, 0.05) is 5.57 Å². The van der Waals surface area contributed by atoms with Gasteiger partial charge in [-0.25, -0.2) is 14.4 Å². The van der Waals surface area contributed by atoms with E-state index in [-0.39, 0.29) is 35.3 Å². The second-order valence-electron chi connectivity index (χ2n) is 4.46. The van der Waals surface area contributed by atoms with E-state index in [1.54, 1.807) is 0 Å². The predicted octanol–water partition coefficient (Wildman–Crippen LogP) is 2.13. The third-order valence-corrected chi connectivity index (χ3v) is 2.79. The van der Waals surface area contributed by atoms with E-state index in [9.17, 15) is 14.4 Å². The van der Waals surface area contributed by atoms with E-state index in [1.807, 2.05) is 0 Å². The Morgan fingerprint density at radius 2 is 1.67 bits per heavy atom. The van der Waals surface area contributed by atoms with Gasteiger partial charge in [0.2, 0.25) is 0 Å². The van der Waals surface area contributed by atoms with Gasteiger partial charge in [-0.1, -0.05) is 12.6 Å². The Hall–Kier alpha value is -2.63. The minimum absolute atomic E-state index is 0.0545. The van der Waals surface area contributed by atoms with Gasteiger partial charge in [-0.3, -0.25) is 0 Å². The topological polar surface area (TPSA) is 101 Å². The normalized spacial score (nSPS) is 9.95. The minimum Gasteiger partial charge on any atom is -0.478 e. The van der Waals surface area contributed by atoms with Gasteiger partial charge in [0.15, 0.2) is 0 Å². The van der Waals surface area contributed by atoms with Gasteiger partial charge >= 0.3 is 17.9 Å². The summed E-state index contributed by atoms with van der Waals surface area (Å²) in [6.45, 7) is 5.02. The summed E-state index contributed by atoms with van der Waals surface area (Å²) in [5.74, 6) is -2.90. The van der Waals surface area contributed by atoms with Crippen molar-refractivity contribution in [3.05, 3.63) is 47.0 Å². The van der Waals surface area contributed by atoms with Crippen LogP contribution in [0.3, 0.4) is 0 Å². The molecule has 0 aliphatic heterocycles. The first-order valence-electron chi connectivity index (χ1n) is 6.25. The van der Waals surface area contributed by atoms with Gasteiger partial charge in [-0.2, -0.15) is 0 Å². The van der Waals surface area contributed by atoms with Crippen molar-refractivity contribution in [3.63, 3.8) is 0 Å². The number of carbonyl (C=O) groups excluding carboxylic acids is 1. The molecule has 0 radical (unpaired) electrons. The summed E-state index contributed by atoms with van der Waals surface area (Å²) in [7, 11) is 0. The molecule has 6 heteroatoms. The molecule has 0 saturated heterocycles. The fourth-order valence-corrected chi connectivity index (χ4v) is 1.79. The first kappa shape index (κ1) is 16.4. The summed E-state index contributed by atoms with van der Waals surface area (Å²) in [6, 6.07) is 4.09. The Labute approximate surface area is 121 Å². The maximum atomic E-state index is 11.2. The Balaban J connectivity index is 2.81. The summed E-state index contributed by atoms with van der Waals surface area (Å²) in [5.41, 5.74) is 0.387. The average Bonchev–Trinajstić information content (AvgIpc) is 2.42. The summed E-state index contributed by atoms with van der Waals surface area (Å²) in [6.07, 6.45) is 0.511. The van der Waals surface area contributed by atoms with Crippen molar-refractivity contribution in [2.75, 3.05) is 6.61 Å². The molecule has 0 aliphatic rings. The lowest BCUT2D eigenvalue weighted by atomic mass is 9.97. The lowest BCUT2D eigenvalue weighted by molar-refractivity contribution is -0.139. The minimum atomic E-state index is -1.19. The number of hydrogen-bond acceptors (Lipinski definition) is 4. The molecule has 1 rings (SSSR count). The molecule has 112 valence electrons. The molecule has 0 fully saturated rings. The molecule has 0 aromatic heterocycles. The lowest BCUT2D eigenvalue weighted by Gasteiger charge is -2.10. The Morgan fingerprint density at radius 1 is 1.14 bits per heavy atom. The van der Waals surface area contributed by atoms with Gasteiger partial charge < -0.3 is 14.9 Å². The second-order valence-corrected chi connectivity index (χ2v) is 4.46. The smallest absolute Gasteiger partial charge is 0.335 e. The number of aromatic carboxylic acids is 2. The van der Waals surface area contributed by atoms with Crippen LogP contribution in [0.1, 0.15) is 39.6 Å². The number of ether oxygens (including phenoxy) is 1. The monoisotopic (exact) mass is 292 g/mol. The SMILES string of the molecule is C=C(C)C(=O)OCCCc1c(C(=O)O)cccc1C(=O)O. The molecule has 0 atom stereocenters. The molecule has 1 aromatic carbocycles. The standard InChI is InChI=1S/C15H16O6/c1-9(2)15(20)21-8-4-7-10-11(13(16)17)5-3-6-12(10)14(18)19/h3,5-6H,1,4,7-8H2,2H3,(H,16,17)(H,18,19). The average molecular weight is 292 g/mol. The molecule has 0 unspecified atom stereocenters. The van der Waals surface area contributed by atoms with Crippen LogP contribution < -0.4 is 0 Å². The molecule has 21 heavy (non-hydrogen) atoms. The molecule has 2 N–H and O–H groups in total. The highest BCUT2D eigenvalue weighted by molar-refractivity contribution is 5.96. The number of esters is 1. The van der Waals surface area contributed by atoms with E-state index in [1.165, 1.54) is 25.1 Å². The number of benzene rings is 1. The first-order valence-corrected chi connectivity index (χ1v) is 6.25. The second kappa shape index (κ2) is 7.23. The molecule has 0 aliphatic carbocycles. The largest absolute Gasteiger partial charge is 0.478 e. The van der Waals surface area contributed by atoms with Crippen LogP contribution in [0.2, 0.25) is 0 Å². The zero-order chi connectivity index (χ0) is 16.0. The van der Waals surface area contributed by atoms with Crippen molar-refractivity contribution >= 4 is 17.9 Å². The number of carbonyl (C=O) groups is 3. The van der Waals surface area contributed by atoms with E-state index < -0.39 is 17.9 Å². The Morgan fingerprint density at radius 3 is 2.10 bits per heavy atom. The van der Waals surface area contributed by atoms with Gasteiger partial charge in [-0.15, -0.1) is 0 Å². The summed E-state index contributed by atoms with van der Waals surface area (Å²) < 4.78 is 4.89. The maximum absolute atomic E-state index is 11.2. The first-order chi connectivity index (χ1) is 9.84. The van der Waals surface area contributed by atoms with Crippen LogP contribution in [0.4, 0.5) is 0 Å². The molecule has 0 amide bonds. The van der Waals surface area contributed by atoms with Crippen LogP contribution in [-0.4, -0.2) is 34.7 Å². The fraction of sp³-hybridized carbons (Fsp3) is 0.267. The molecule has 1 aromatic rings. The predicted molar refractivity (Wildman–Crippen MR) is 74.5 cm³/mol. The van der Waals surface area contributed by atoms with Gasteiger partial charge in [-0.05, 0) is 37.5 Å². The van der Waals surface area contributed by atoms with Crippen LogP contribution in [0.15, 0.2) is 30.4 Å². The Kier molecular flexibility index (Phi) is 5.66. The Bertz CT molecular complexity index is 556. The number of carboxylic acids is 2. The van der Waals surface area contributed by atoms with E-state index >= 15 is 0 Å². The summed E-state index contributed by atoms with van der Waals surface area (Å²) in [4.78, 5) is 33.5. The highest BCUT2D eigenvalue weighted by Gasteiger charge is 2.17. The highest BCUT2D eigenvalue weighted by atomic mass is 16.5. The molecular weight excluding hydrogens is 276 g/mol. The van der Waals surface area contributed by atoms with Crippen LogP contribution in [-0.2, 0) is 16.0 Å². The fourth-order valence-electron chi connectivity index (χ4n) is 1.79. The third-order valence-electron chi connectivity index (χ3n) is 2.79. The van der Waals surface area contributed by atoms with Crippen LogP contribution >= 0.6 is 0 Å². The van der Waals surface area contributed by atoms with Crippen molar-refractivity contribution in [1.82, 2.24) is 0 Å². The van der Waals surface area contributed by atoms with E-state index in [2.05, 4.69) is 6.58 Å². The van der Waals surface area contributed by atoms with E-state index in [0.717, 1.165) is 0 Å². The van der Waals surface area contributed by atoms with Crippen molar-refractivity contribution in [2.24, 2.45) is 0 Å². The lowest BCUT2D eigenvalue weighted by Crippen LogP contribution is -2.12. The zero-order valence-corrected chi connectivity index (χ0v) is 11.6. The van der Waals surface area contributed by atoms with Crippen molar-refractivity contribution in [3.8, 4) is 0 Å². The van der Waals surface area contributed by atoms with Crippen LogP contribution in [0, 0.1) is 0 Å². The van der Waals surface area contributed by atoms with Crippen LogP contribution in [0.5, 0.6) is 0 Å². The maximum Gasteiger partial charge on any atom is 0.335 e. The summed E-state index contributed by atoms with van der Waals surface area (Å²) >= 11 is 0. The molecule has 0 spiro atoms. The van der Waals surface area contributed by atoms with Gasteiger partial charge in [0.25, 0.3) is 0 Å². The number of hydrogen-bond donors (Lipinski definition) is 2. The molecular formula is C15H16O6.